The quantitative estimate of drug-likeness (QED) is 0.641. The van der Waals surface area contributed by atoms with Gasteiger partial charge in [0.1, 0.15) is 0 Å². The van der Waals surface area contributed by atoms with Gasteiger partial charge in [0, 0.05) is 36.3 Å². The molecule has 3 aromatic rings. The molecule has 5 nitrogen and oxygen atoms in total. The molecule has 0 radical (unpaired) electrons. The van der Waals surface area contributed by atoms with Crippen LogP contribution in [0.15, 0.2) is 36.7 Å². The molecule has 0 unspecified atom stereocenters. The van der Waals surface area contributed by atoms with Gasteiger partial charge in [0.25, 0.3) is 5.91 Å². The fourth-order valence-electron chi connectivity index (χ4n) is 4.04. The third-order valence-electron chi connectivity index (χ3n) is 5.76. The van der Waals surface area contributed by atoms with Crippen LogP contribution < -0.4 is 0 Å². The van der Waals surface area contributed by atoms with Crippen LogP contribution in [0.5, 0.6) is 0 Å². The molecule has 1 aliphatic heterocycles. The van der Waals surface area contributed by atoms with Crippen molar-refractivity contribution in [2.45, 2.75) is 59.0 Å². The van der Waals surface area contributed by atoms with Crippen molar-refractivity contribution in [2.24, 2.45) is 0 Å². The monoisotopic (exact) mass is 376 g/mol. The molecule has 4 rings (SSSR count). The second kappa shape index (κ2) is 7.74. The molecule has 1 atom stereocenters. The average Bonchev–Trinajstić information content (AvgIpc) is 3.34. The van der Waals surface area contributed by atoms with Gasteiger partial charge in [0.2, 0.25) is 0 Å². The Morgan fingerprint density at radius 1 is 1.32 bits per heavy atom. The van der Waals surface area contributed by atoms with Crippen LogP contribution in [0.25, 0.3) is 22.2 Å². The number of likely N-dealkylation sites (tertiary alicyclic amines) is 1. The van der Waals surface area contributed by atoms with Gasteiger partial charge in [-0.1, -0.05) is 31.5 Å². The van der Waals surface area contributed by atoms with E-state index in [0.717, 1.165) is 72.1 Å². The Bertz CT molecular complexity index is 1010. The van der Waals surface area contributed by atoms with E-state index >= 15 is 0 Å². The van der Waals surface area contributed by atoms with Crippen molar-refractivity contribution in [1.82, 2.24) is 19.7 Å². The summed E-state index contributed by atoms with van der Waals surface area (Å²) in [5.41, 5.74) is 4.51. The molecule has 0 bridgehead atoms. The molecule has 1 fully saturated rings. The second-order valence-corrected chi connectivity index (χ2v) is 7.86. The Morgan fingerprint density at radius 2 is 2.18 bits per heavy atom. The number of aryl methyl sites for hydroxylation is 2. The number of amides is 1. The number of nitrogens with zero attached hydrogens (tertiary/aromatic N) is 4. The minimum absolute atomic E-state index is 0.114. The fraction of sp³-hybridized carbons (Fsp3) is 0.435. The molecule has 0 spiro atoms. The van der Waals surface area contributed by atoms with Crippen LogP contribution in [0.3, 0.4) is 0 Å². The maximum Gasteiger partial charge on any atom is 0.254 e. The van der Waals surface area contributed by atoms with Crippen molar-refractivity contribution in [3.8, 4) is 11.3 Å². The summed E-state index contributed by atoms with van der Waals surface area (Å²) in [4.78, 5) is 20.3. The standard InChI is InChI=1S/C23H28N4O/c1-4-5-11-26-15-18(14-24-26)21-13-20(23(28)27-12-7-9-17(27)3)19-10-6-8-16(2)22(19)25-21/h6,8,10,13-15,17H,4-5,7,9,11-12H2,1-3H3/t17-/m0/s1. The fourth-order valence-corrected chi connectivity index (χ4v) is 4.04. The van der Waals surface area contributed by atoms with Crippen LogP contribution in [-0.4, -0.2) is 38.2 Å². The molecule has 1 aromatic carbocycles. The number of para-hydroxylation sites is 1. The first-order valence-corrected chi connectivity index (χ1v) is 10.3. The zero-order valence-corrected chi connectivity index (χ0v) is 17.0. The van der Waals surface area contributed by atoms with E-state index in [4.69, 9.17) is 4.98 Å². The number of pyridine rings is 1. The summed E-state index contributed by atoms with van der Waals surface area (Å²) in [6, 6.07) is 8.32. The lowest BCUT2D eigenvalue weighted by Gasteiger charge is -2.22. The first-order chi connectivity index (χ1) is 13.6. The number of hydrogen-bond donors (Lipinski definition) is 0. The van der Waals surface area contributed by atoms with Gasteiger partial charge in [-0.3, -0.25) is 9.48 Å². The molecule has 1 amide bonds. The van der Waals surface area contributed by atoms with Crippen LogP contribution in [0, 0.1) is 6.92 Å². The van der Waals surface area contributed by atoms with Crippen molar-refractivity contribution in [3.05, 3.63) is 47.8 Å². The van der Waals surface area contributed by atoms with Gasteiger partial charge in [-0.05, 0) is 44.7 Å². The van der Waals surface area contributed by atoms with Crippen LogP contribution in [0.1, 0.15) is 55.5 Å². The minimum atomic E-state index is 0.114. The maximum absolute atomic E-state index is 13.4. The SMILES string of the molecule is CCCCn1cc(-c2cc(C(=O)N3CCC[C@@H]3C)c3cccc(C)c3n2)cn1. The molecule has 0 N–H and O–H groups in total. The smallest absolute Gasteiger partial charge is 0.254 e. The van der Waals surface area contributed by atoms with E-state index in [9.17, 15) is 4.79 Å². The van der Waals surface area contributed by atoms with E-state index in [-0.39, 0.29) is 5.91 Å². The molecule has 5 heteroatoms. The summed E-state index contributed by atoms with van der Waals surface area (Å²) in [5, 5.41) is 5.41. The van der Waals surface area contributed by atoms with Gasteiger partial charge >= 0.3 is 0 Å². The predicted octanol–water partition coefficient (Wildman–Crippen LogP) is 4.83. The Morgan fingerprint density at radius 3 is 2.93 bits per heavy atom. The van der Waals surface area contributed by atoms with E-state index < -0.39 is 0 Å². The van der Waals surface area contributed by atoms with Crippen molar-refractivity contribution in [2.75, 3.05) is 6.54 Å². The maximum atomic E-state index is 13.4. The zero-order valence-electron chi connectivity index (χ0n) is 17.0. The number of carbonyl (C=O) groups is 1. The van der Waals surface area contributed by atoms with Crippen molar-refractivity contribution in [1.29, 1.82) is 0 Å². The second-order valence-electron chi connectivity index (χ2n) is 7.86. The highest BCUT2D eigenvalue weighted by Gasteiger charge is 2.28. The number of carbonyl (C=O) groups excluding carboxylic acids is 1. The molecular weight excluding hydrogens is 348 g/mol. The lowest BCUT2D eigenvalue weighted by molar-refractivity contribution is 0.0749. The van der Waals surface area contributed by atoms with E-state index in [2.05, 4.69) is 31.9 Å². The third kappa shape index (κ3) is 3.41. The van der Waals surface area contributed by atoms with E-state index in [1.807, 2.05) is 40.2 Å². The van der Waals surface area contributed by atoms with Gasteiger partial charge in [-0.25, -0.2) is 4.98 Å². The Labute approximate surface area is 166 Å². The highest BCUT2D eigenvalue weighted by atomic mass is 16.2. The van der Waals surface area contributed by atoms with Crippen molar-refractivity contribution >= 4 is 16.8 Å². The van der Waals surface area contributed by atoms with Crippen molar-refractivity contribution in [3.63, 3.8) is 0 Å². The first-order valence-electron chi connectivity index (χ1n) is 10.3. The molecule has 28 heavy (non-hydrogen) atoms. The molecular formula is C23H28N4O. The molecule has 2 aromatic heterocycles. The van der Waals surface area contributed by atoms with Gasteiger partial charge in [0.05, 0.1) is 23.0 Å². The summed E-state index contributed by atoms with van der Waals surface area (Å²) >= 11 is 0. The topological polar surface area (TPSA) is 51.0 Å². The number of hydrogen-bond acceptors (Lipinski definition) is 3. The number of fused-ring (bicyclic) bond motifs is 1. The molecule has 0 aliphatic carbocycles. The number of rotatable bonds is 5. The lowest BCUT2D eigenvalue weighted by Crippen LogP contribution is -2.33. The van der Waals surface area contributed by atoms with Crippen molar-refractivity contribution < 1.29 is 4.79 Å². The zero-order chi connectivity index (χ0) is 19.7. The predicted molar refractivity (Wildman–Crippen MR) is 112 cm³/mol. The van der Waals surface area contributed by atoms with Gasteiger partial charge in [-0.2, -0.15) is 5.10 Å². The van der Waals surface area contributed by atoms with Crippen LogP contribution in [-0.2, 0) is 6.54 Å². The summed E-state index contributed by atoms with van der Waals surface area (Å²) in [6.07, 6.45) is 8.28. The molecule has 0 saturated carbocycles. The van der Waals surface area contributed by atoms with E-state index in [0.29, 0.717) is 6.04 Å². The van der Waals surface area contributed by atoms with Gasteiger partial charge in [0.15, 0.2) is 0 Å². The molecule has 3 heterocycles. The number of unbranched alkanes of at least 4 members (excludes halogenated alkanes) is 1. The first kappa shape index (κ1) is 18.7. The van der Waals surface area contributed by atoms with Gasteiger partial charge < -0.3 is 4.90 Å². The lowest BCUT2D eigenvalue weighted by atomic mass is 10.0. The molecule has 1 aliphatic rings. The number of benzene rings is 1. The molecule has 1 saturated heterocycles. The van der Waals surface area contributed by atoms with E-state index in [1.165, 1.54) is 0 Å². The third-order valence-corrected chi connectivity index (χ3v) is 5.76. The Hall–Kier alpha value is -2.69. The van der Waals surface area contributed by atoms with Crippen LogP contribution in [0.2, 0.25) is 0 Å². The highest BCUT2D eigenvalue weighted by molar-refractivity contribution is 6.08. The molecule has 146 valence electrons. The minimum Gasteiger partial charge on any atom is -0.336 e. The van der Waals surface area contributed by atoms with Crippen LogP contribution >= 0.6 is 0 Å². The number of aromatic nitrogens is 3. The Balaban J connectivity index is 1.81. The average molecular weight is 377 g/mol. The summed E-state index contributed by atoms with van der Waals surface area (Å²) in [5.74, 6) is 0.114. The van der Waals surface area contributed by atoms with Crippen LogP contribution in [0.4, 0.5) is 0 Å². The normalized spacial score (nSPS) is 16.8. The largest absolute Gasteiger partial charge is 0.336 e. The highest BCUT2D eigenvalue weighted by Crippen LogP contribution is 2.29. The summed E-state index contributed by atoms with van der Waals surface area (Å²) in [6.45, 7) is 8.10. The Kier molecular flexibility index (Phi) is 5.16. The summed E-state index contributed by atoms with van der Waals surface area (Å²) < 4.78 is 1.96. The van der Waals surface area contributed by atoms with Gasteiger partial charge in [-0.15, -0.1) is 0 Å². The van der Waals surface area contributed by atoms with E-state index in [1.54, 1.807) is 0 Å². The summed E-state index contributed by atoms with van der Waals surface area (Å²) in [7, 11) is 0.